The number of aromatic amines is 1. The number of nitrogens with one attached hydrogen (secondary N) is 2. The van der Waals surface area contributed by atoms with Crippen LogP contribution in [-0.2, 0) is 11.2 Å². The Morgan fingerprint density at radius 3 is 2.35 bits per heavy atom. The summed E-state index contributed by atoms with van der Waals surface area (Å²) in [6, 6.07) is 5.86. The number of hydrogen-bond acceptors (Lipinski definition) is 2. The number of H-pyrrole nitrogens is 1. The van der Waals surface area contributed by atoms with Gasteiger partial charge in [0.2, 0.25) is 0 Å². The number of ether oxygens (including phenoxy) is 1. The van der Waals surface area contributed by atoms with Crippen LogP contribution < -0.4 is 22.0 Å². The maximum atomic E-state index is 12.3. The van der Waals surface area contributed by atoms with Gasteiger partial charge in [-0.1, -0.05) is 19.9 Å². The van der Waals surface area contributed by atoms with Crippen LogP contribution in [-0.4, -0.2) is 30.6 Å². The molecule has 0 bridgehead atoms. The molecule has 0 atom stereocenters. The van der Waals surface area contributed by atoms with Gasteiger partial charge in [-0.3, -0.25) is 4.79 Å². The molecule has 0 aliphatic carbocycles. The highest BCUT2D eigenvalue weighted by molar-refractivity contribution is 5.92. The molecule has 0 unspecified atom stereocenters. The zero-order valence-electron chi connectivity index (χ0n) is 16.7. The summed E-state index contributed by atoms with van der Waals surface area (Å²) in [6.07, 6.45) is 5.46. The van der Waals surface area contributed by atoms with E-state index in [4.69, 9.17) is 4.74 Å². The molecule has 2 rings (SSSR count). The summed E-state index contributed by atoms with van der Waals surface area (Å²) in [7, 11) is 0. The van der Waals surface area contributed by atoms with Gasteiger partial charge in [-0.2, -0.15) is 0 Å². The molecule has 0 aliphatic heterocycles. The molecule has 0 saturated carbocycles. The van der Waals surface area contributed by atoms with Gasteiger partial charge in [-0.05, 0) is 51.3 Å². The normalized spacial score (nSPS) is 11.6. The quantitative estimate of drug-likeness (QED) is 0.513. The summed E-state index contributed by atoms with van der Waals surface area (Å²) in [4.78, 5) is 17.3. The second-order valence-electron chi connectivity index (χ2n) is 7.88. The molecule has 2 N–H and O–H groups in total. The first-order valence-corrected chi connectivity index (χ1v) is 9.51. The summed E-state index contributed by atoms with van der Waals surface area (Å²) in [6.45, 7) is 13.6. The second kappa shape index (κ2) is 9.98. The number of esters is 1. The van der Waals surface area contributed by atoms with Crippen molar-refractivity contribution in [3.63, 3.8) is 0 Å². The molecule has 0 fully saturated rings. The van der Waals surface area contributed by atoms with Crippen LogP contribution in [0.15, 0.2) is 24.4 Å². The lowest BCUT2D eigenvalue weighted by atomic mass is 9.97. The van der Waals surface area contributed by atoms with Crippen molar-refractivity contribution in [3.05, 3.63) is 30.0 Å². The fraction of sp³-hybridized carbons (Fsp3) is 0.571. The van der Waals surface area contributed by atoms with Crippen molar-refractivity contribution < 1.29 is 26.8 Å². The summed E-state index contributed by atoms with van der Waals surface area (Å²) in [5.41, 5.74) is 1.75. The lowest BCUT2D eigenvalue weighted by Crippen LogP contribution is -3.12. The Balaban J connectivity index is 0.00000338. The van der Waals surface area contributed by atoms with Crippen molar-refractivity contribution in [2.45, 2.75) is 53.9 Å². The topological polar surface area (TPSA) is 46.5 Å². The Bertz CT molecular complexity index is 698. The number of carbonyl (C=O) groups excluding carboxylic acids is 1. The Morgan fingerprint density at radius 1 is 1.12 bits per heavy atom. The molecule has 0 amide bonds. The number of fused-ring (bicyclic) bond motifs is 1. The zero-order chi connectivity index (χ0) is 18.4. The molecule has 26 heavy (non-hydrogen) atoms. The Hall–Kier alpha value is -1.52. The molecule has 1 heterocycles. The number of quaternary nitrogens is 1. The highest BCUT2D eigenvalue weighted by Gasteiger charge is 2.25. The predicted octanol–water partition coefficient (Wildman–Crippen LogP) is 0.371. The Morgan fingerprint density at radius 2 is 1.77 bits per heavy atom. The third kappa shape index (κ3) is 5.75. The minimum absolute atomic E-state index is 0. The number of benzene rings is 1. The van der Waals surface area contributed by atoms with E-state index < -0.39 is 5.41 Å². The average Bonchev–Trinajstić information content (AvgIpc) is 2.96. The van der Waals surface area contributed by atoms with Crippen LogP contribution in [0.25, 0.3) is 10.9 Å². The van der Waals surface area contributed by atoms with Crippen molar-refractivity contribution in [2.24, 2.45) is 5.41 Å². The Labute approximate surface area is 163 Å². The molecule has 0 radical (unpaired) electrons. The summed E-state index contributed by atoms with van der Waals surface area (Å²) in [5, 5.41) is 1.05. The lowest BCUT2D eigenvalue weighted by molar-refractivity contribution is -0.900. The van der Waals surface area contributed by atoms with Crippen molar-refractivity contribution >= 4 is 16.9 Å². The third-order valence-corrected chi connectivity index (χ3v) is 4.52. The highest BCUT2D eigenvalue weighted by Crippen LogP contribution is 2.30. The molecule has 0 aliphatic rings. The van der Waals surface area contributed by atoms with Crippen molar-refractivity contribution in [1.29, 1.82) is 0 Å². The van der Waals surface area contributed by atoms with Crippen LogP contribution in [0, 0.1) is 5.41 Å². The first-order valence-electron chi connectivity index (χ1n) is 9.51. The maximum Gasteiger partial charge on any atom is 0.316 e. The van der Waals surface area contributed by atoms with Gasteiger partial charge in [0.25, 0.3) is 0 Å². The fourth-order valence-corrected chi connectivity index (χ4v) is 3.15. The molecular formula is C21H33ClN2O2. The minimum Gasteiger partial charge on any atom is -1.00 e. The number of aromatic nitrogens is 1. The van der Waals surface area contributed by atoms with Crippen LogP contribution in [0.3, 0.4) is 0 Å². The standard InChI is InChI=1S/C21H32N2O2.ClH/c1-6-12-23(13-7-2)14-11-16-15-22-17-9-8-10-18(19(16)17)25-20(24)21(3,4)5;/h8-10,15,22H,6-7,11-14H2,1-5H3;1H. The number of rotatable bonds is 8. The zero-order valence-corrected chi connectivity index (χ0v) is 17.5. The second-order valence-corrected chi connectivity index (χ2v) is 7.88. The SMILES string of the molecule is CCC[NH+](CCC)CCc1c[nH]c2cccc(OC(=O)C(C)(C)C)c12.[Cl-]. The lowest BCUT2D eigenvalue weighted by Gasteiger charge is -2.19. The Kier molecular flexibility index (Phi) is 8.65. The van der Waals surface area contributed by atoms with Gasteiger partial charge in [0, 0.05) is 23.5 Å². The van der Waals surface area contributed by atoms with Crippen LogP contribution in [0.4, 0.5) is 0 Å². The molecule has 5 heteroatoms. The van der Waals surface area contributed by atoms with E-state index in [9.17, 15) is 4.79 Å². The molecule has 2 aromatic rings. The molecule has 4 nitrogen and oxygen atoms in total. The molecular weight excluding hydrogens is 348 g/mol. The van der Waals surface area contributed by atoms with Gasteiger partial charge in [0.1, 0.15) is 5.75 Å². The number of carbonyl (C=O) groups is 1. The van der Waals surface area contributed by atoms with Gasteiger partial charge >= 0.3 is 5.97 Å². The molecule has 1 aromatic carbocycles. The average molecular weight is 381 g/mol. The van der Waals surface area contributed by atoms with Crippen molar-refractivity contribution in [1.82, 2.24) is 4.98 Å². The first kappa shape index (κ1) is 22.5. The number of hydrogen-bond donors (Lipinski definition) is 2. The van der Waals surface area contributed by atoms with E-state index in [-0.39, 0.29) is 18.4 Å². The summed E-state index contributed by atoms with van der Waals surface area (Å²) < 4.78 is 5.73. The van der Waals surface area contributed by atoms with E-state index in [1.807, 2.05) is 39.0 Å². The molecule has 146 valence electrons. The minimum atomic E-state index is -0.512. The van der Waals surface area contributed by atoms with Gasteiger partial charge < -0.3 is 27.0 Å². The van der Waals surface area contributed by atoms with E-state index in [1.165, 1.54) is 31.5 Å². The van der Waals surface area contributed by atoms with E-state index in [0.717, 1.165) is 23.9 Å². The van der Waals surface area contributed by atoms with Gasteiger partial charge in [-0.15, -0.1) is 0 Å². The van der Waals surface area contributed by atoms with E-state index in [0.29, 0.717) is 5.75 Å². The van der Waals surface area contributed by atoms with Crippen LogP contribution >= 0.6 is 0 Å². The largest absolute Gasteiger partial charge is 1.00 e. The van der Waals surface area contributed by atoms with E-state index in [1.54, 1.807) is 4.90 Å². The predicted molar refractivity (Wildman–Crippen MR) is 103 cm³/mol. The van der Waals surface area contributed by atoms with Gasteiger partial charge in [0.15, 0.2) is 0 Å². The number of halogens is 1. The van der Waals surface area contributed by atoms with Crippen molar-refractivity contribution in [3.8, 4) is 5.75 Å². The smallest absolute Gasteiger partial charge is 0.316 e. The monoisotopic (exact) mass is 380 g/mol. The molecule has 0 spiro atoms. The maximum absolute atomic E-state index is 12.3. The van der Waals surface area contributed by atoms with E-state index >= 15 is 0 Å². The fourth-order valence-electron chi connectivity index (χ4n) is 3.15. The summed E-state index contributed by atoms with van der Waals surface area (Å²) >= 11 is 0. The van der Waals surface area contributed by atoms with Crippen LogP contribution in [0.5, 0.6) is 5.75 Å². The van der Waals surface area contributed by atoms with Crippen LogP contribution in [0.1, 0.15) is 53.0 Å². The molecule has 1 aromatic heterocycles. The van der Waals surface area contributed by atoms with E-state index in [2.05, 4.69) is 25.0 Å². The molecule has 0 saturated heterocycles. The summed E-state index contributed by atoms with van der Waals surface area (Å²) in [5.74, 6) is 0.470. The van der Waals surface area contributed by atoms with Gasteiger partial charge in [-0.25, -0.2) is 0 Å². The van der Waals surface area contributed by atoms with Gasteiger partial charge in [0.05, 0.1) is 25.0 Å². The van der Waals surface area contributed by atoms with Crippen LogP contribution in [0.2, 0.25) is 0 Å². The highest BCUT2D eigenvalue weighted by atomic mass is 35.5. The first-order chi connectivity index (χ1) is 11.9. The van der Waals surface area contributed by atoms with Crippen molar-refractivity contribution in [2.75, 3.05) is 19.6 Å². The third-order valence-electron chi connectivity index (χ3n) is 4.52.